The van der Waals surface area contributed by atoms with Gasteiger partial charge in [-0.25, -0.2) is 0 Å². The van der Waals surface area contributed by atoms with E-state index in [9.17, 15) is 14.7 Å². The third kappa shape index (κ3) is 2.43. The molecule has 4 nitrogen and oxygen atoms in total. The van der Waals surface area contributed by atoms with Crippen molar-refractivity contribution >= 4 is 11.8 Å². The molecule has 0 radical (unpaired) electrons. The molecule has 1 N–H and O–H groups in total. The molecule has 0 amide bonds. The SMILES string of the molecule is CC(=O)O[C@@H]1C[C@H]2[C@@H]3CC=C4C[C@H](O)CC[C@]4(C)[C@H]3CC[C@]2(C)C1=O. The van der Waals surface area contributed by atoms with Crippen LogP contribution in [0.1, 0.15) is 65.7 Å². The summed E-state index contributed by atoms with van der Waals surface area (Å²) >= 11 is 0. The van der Waals surface area contributed by atoms with Crippen LogP contribution in [0.2, 0.25) is 0 Å². The average Bonchev–Trinajstić information content (AvgIpc) is 2.79. The van der Waals surface area contributed by atoms with E-state index in [1.54, 1.807) is 0 Å². The summed E-state index contributed by atoms with van der Waals surface area (Å²) in [7, 11) is 0. The summed E-state index contributed by atoms with van der Waals surface area (Å²) in [6.45, 7) is 5.88. The van der Waals surface area contributed by atoms with E-state index in [1.165, 1.54) is 12.5 Å². The first kappa shape index (κ1) is 17.3. The van der Waals surface area contributed by atoms with E-state index in [-0.39, 0.29) is 28.7 Å². The number of rotatable bonds is 1. The Bertz CT molecular complexity index is 638. The van der Waals surface area contributed by atoms with Crippen molar-refractivity contribution in [2.45, 2.75) is 77.9 Å². The Morgan fingerprint density at radius 1 is 1.20 bits per heavy atom. The van der Waals surface area contributed by atoms with Gasteiger partial charge in [0.1, 0.15) is 0 Å². The lowest BCUT2D eigenvalue weighted by atomic mass is 9.48. The summed E-state index contributed by atoms with van der Waals surface area (Å²) in [5, 5.41) is 10.1. The minimum absolute atomic E-state index is 0.144. The van der Waals surface area contributed by atoms with Crippen LogP contribution < -0.4 is 0 Å². The first-order valence-corrected chi connectivity index (χ1v) is 9.85. The van der Waals surface area contributed by atoms with Crippen molar-refractivity contribution in [3.05, 3.63) is 11.6 Å². The van der Waals surface area contributed by atoms with Crippen LogP contribution in [0.3, 0.4) is 0 Å². The Morgan fingerprint density at radius 3 is 2.64 bits per heavy atom. The maximum atomic E-state index is 13.0. The molecule has 4 rings (SSSR count). The fourth-order valence-corrected chi connectivity index (χ4v) is 6.71. The van der Waals surface area contributed by atoms with Gasteiger partial charge in [-0.2, -0.15) is 0 Å². The number of hydrogen-bond donors (Lipinski definition) is 1. The number of aliphatic hydroxyl groups is 1. The number of Topliss-reactive ketones (excluding diaryl/α,β-unsaturated/α-hetero) is 1. The number of ketones is 1. The molecular weight excluding hydrogens is 316 g/mol. The normalized spacial score (nSPS) is 48.9. The summed E-state index contributed by atoms with van der Waals surface area (Å²) in [5.74, 6) is 1.18. The highest BCUT2D eigenvalue weighted by molar-refractivity contribution is 5.92. The summed E-state index contributed by atoms with van der Waals surface area (Å²) < 4.78 is 5.37. The first-order chi connectivity index (χ1) is 11.8. The van der Waals surface area contributed by atoms with Crippen molar-refractivity contribution in [2.75, 3.05) is 0 Å². The van der Waals surface area contributed by atoms with Crippen LogP contribution in [0, 0.1) is 28.6 Å². The van der Waals surface area contributed by atoms with Crippen LogP contribution in [-0.4, -0.2) is 29.1 Å². The Morgan fingerprint density at radius 2 is 1.92 bits per heavy atom. The van der Waals surface area contributed by atoms with E-state index in [1.807, 2.05) is 0 Å². The van der Waals surface area contributed by atoms with Gasteiger partial charge in [0.25, 0.3) is 0 Å². The quantitative estimate of drug-likeness (QED) is 0.584. The lowest BCUT2D eigenvalue weighted by molar-refractivity contribution is -0.153. The van der Waals surface area contributed by atoms with Gasteiger partial charge in [-0.1, -0.05) is 25.5 Å². The molecule has 3 saturated carbocycles. The van der Waals surface area contributed by atoms with Crippen molar-refractivity contribution in [2.24, 2.45) is 28.6 Å². The lowest BCUT2D eigenvalue weighted by Crippen LogP contribution is -2.50. The maximum absolute atomic E-state index is 13.0. The van der Waals surface area contributed by atoms with Crippen LogP contribution in [0.25, 0.3) is 0 Å². The molecular formula is C21H30O4. The molecule has 0 heterocycles. The van der Waals surface area contributed by atoms with Gasteiger partial charge < -0.3 is 9.84 Å². The highest BCUT2D eigenvalue weighted by Gasteiger charge is 2.61. The molecule has 25 heavy (non-hydrogen) atoms. The molecule has 4 aliphatic carbocycles. The molecule has 0 unspecified atom stereocenters. The smallest absolute Gasteiger partial charge is 0.303 e. The van der Waals surface area contributed by atoms with Crippen molar-refractivity contribution in [1.82, 2.24) is 0 Å². The van der Waals surface area contributed by atoms with E-state index in [0.29, 0.717) is 24.2 Å². The van der Waals surface area contributed by atoms with Gasteiger partial charge in [0.05, 0.1) is 6.10 Å². The van der Waals surface area contributed by atoms with E-state index < -0.39 is 6.10 Å². The van der Waals surface area contributed by atoms with Crippen LogP contribution in [0.4, 0.5) is 0 Å². The molecule has 3 fully saturated rings. The number of carbonyl (C=O) groups is 2. The number of fused-ring (bicyclic) bond motifs is 5. The number of allylic oxidation sites excluding steroid dienone is 1. The van der Waals surface area contributed by atoms with E-state index >= 15 is 0 Å². The topological polar surface area (TPSA) is 63.6 Å². The maximum Gasteiger partial charge on any atom is 0.303 e. The van der Waals surface area contributed by atoms with Gasteiger partial charge in [-0.3, -0.25) is 9.59 Å². The standard InChI is InChI=1S/C21H30O4/c1-12(22)25-18-11-17-15-5-4-13-10-14(23)6-8-20(13,2)16(15)7-9-21(17,3)19(18)24/h4,14-18,23H,5-11H2,1-3H3/t14-,15-,16+,17+,18-,20+,21+/m1/s1. The van der Waals surface area contributed by atoms with Gasteiger partial charge in [0, 0.05) is 12.3 Å². The lowest BCUT2D eigenvalue weighted by Gasteiger charge is -2.56. The second kappa shape index (κ2) is 5.67. The van der Waals surface area contributed by atoms with Crippen molar-refractivity contribution in [1.29, 1.82) is 0 Å². The van der Waals surface area contributed by atoms with E-state index in [2.05, 4.69) is 19.9 Å². The van der Waals surface area contributed by atoms with E-state index in [4.69, 9.17) is 4.74 Å². The molecule has 4 heteroatoms. The Hall–Kier alpha value is -1.16. The third-order valence-electron chi connectivity index (χ3n) is 8.10. The molecule has 0 aromatic heterocycles. The summed E-state index contributed by atoms with van der Waals surface area (Å²) in [5.41, 5.74) is 1.28. The van der Waals surface area contributed by atoms with Gasteiger partial charge in [0.15, 0.2) is 11.9 Å². The minimum atomic E-state index is -0.544. The highest BCUT2D eigenvalue weighted by Crippen LogP contribution is 2.64. The molecule has 0 bridgehead atoms. The second-order valence-corrected chi connectivity index (χ2v) is 9.31. The molecule has 0 aromatic rings. The molecule has 0 saturated heterocycles. The van der Waals surface area contributed by atoms with Gasteiger partial charge >= 0.3 is 5.97 Å². The van der Waals surface area contributed by atoms with Crippen LogP contribution in [0.5, 0.6) is 0 Å². The first-order valence-electron chi connectivity index (χ1n) is 9.85. The Kier molecular flexibility index (Phi) is 3.91. The minimum Gasteiger partial charge on any atom is -0.455 e. The zero-order valence-electron chi connectivity index (χ0n) is 15.6. The zero-order chi connectivity index (χ0) is 18.0. The summed E-state index contributed by atoms with van der Waals surface area (Å²) in [4.78, 5) is 24.4. The molecule has 0 aromatic carbocycles. The number of ether oxygens (including phenoxy) is 1. The van der Waals surface area contributed by atoms with E-state index in [0.717, 1.165) is 38.5 Å². The molecule has 7 atom stereocenters. The van der Waals surface area contributed by atoms with Crippen molar-refractivity contribution < 1.29 is 19.4 Å². The summed E-state index contributed by atoms with van der Waals surface area (Å²) in [6, 6.07) is 0. The van der Waals surface area contributed by atoms with Crippen molar-refractivity contribution in [3.63, 3.8) is 0 Å². The fraction of sp³-hybridized carbons (Fsp3) is 0.810. The predicted octanol–water partition coefficient (Wildman–Crippen LogP) is 3.42. The van der Waals surface area contributed by atoms with Gasteiger partial charge in [0.2, 0.25) is 0 Å². The van der Waals surface area contributed by atoms with Crippen LogP contribution >= 0.6 is 0 Å². The number of carbonyl (C=O) groups excluding carboxylic acids is 2. The largest absolute Gasteiger partial charge is 0.455 e. The van der Waals surface area contributed by atoms with Crippen molar-refractivity contribution in [3.8, 4) is 0 Å². The number of hydrogen-bond acceptors (Lipinski definition) is 4. The number of esters is 1. The Balaban J connectivity index is 1.64. The second-order valence-electron chi connectivity index (χ2n) is 9.31. The Labute approximate surface area is 150 Å². The van der Waals surface area contributed by atoms with Crippen LogP contribution in [-0.2, 0) is 14.3 Å². The third-order valence-corrected chi connectivity index (χ3v) is 8.10. The monoisotopic (exact) mass is 346 g/mol. The summed E-state index contributed by atoms with van der Waals surface area (Å²) in [6.07, 6.45) is 8.04. The molecule has 4 aliphatic rings. The molecule has 0 aliphatic heterocycles. The predicted molar refractivity (Wildman–Crippen MR) is 93.7 cm³/mol. The fourth-order valence-electron chi connectivity index (χ4n) is 6.71. The van der Waals surface area contributed by atoms with Crippen LogP contribution in [0.15, 0.2) is 11.6 Å². The van der Waals surface area contributed by atoms with Gasteiger partial charge in [-0.15, -0.1) is 0 Å². The average molecular weight is 346 g/mol. The highest BCUT2D eigenvalue weighted by atomic mass is 16.5. The molecule has 138 valence electrons. The zero-order valence-corrected chi connectivity index (χ0v) is 15.6. The molecule has 0 spiro atoms. The number of aliphatic hydroxyl groups excluding tert-OH is 1. The van der Waals surface area contributed by atoms with Gasteiger partial charge in [-0.05, 0) is 68.1 Å².